The Bertz CT molecular complexity index is 1310. The van der Waals surface area contributed by atoms with E-state index in [0.29, 0.717) is 47.0 Å². The third-order valence-corrected chi connectivity index (χ3v) is 15.8. The van der Waals surface area contributed by atoms with Gasteiger partial charge in [-0.05, 0) is 105 Å². The molecule has 12 heteroatoms. The number of rotatable bonds is 5. The molecule has 51 heavy (non-hydrogen) atoms. The summed E-state index contributed by atoms with van der Waals surface area (Å²) in [6.45, 7) is 12.1. The molecule has 7 N–H and O–H groups in total. The molecule has 0 aromatic carbocycles. The molecule has 4 aliphatic carbocycles. The van der Waals surface area contributed by atoms with E-state index in [9.17, 15) is 30.6 Å². The van der Waals surface area contributed by atoms with Crippen LogP contribution in [0.1, 0.15) is 92.4 Å². The summed E-state index contributed by atoms with van der Waals surface area (Å²) in [4.78, 5) is 0. The summed E-state index contributed by atoms with van der Waals surface area (Å²) >= 11 is 0. The highest BCUT2D eigenvalue weighted by Gasteiger charge is 2.68. The monoisotopic (exact) mass is 721 g/mol. The second-order valence-electron chi connectivity index (χ2n) is 18.4. The van der Waals surface area contributed by atoms with Crippen LogP contribution in [0.3, 0.4) is 0 Å². The molecule has 0 amide bonds. The second-order valence-corrected chi connectivity index (χ2v) is 18.4. The molecule has 0 unspecified atom stereocenters. The maximum absolute atomic E-state index is 11.2. The zero-order chi connectivity index (χ0) is 36.2. The van der Waals surface area contributed by atoms with Gasteiger partial charge in [-0.3, -0.25) is 5.32 Å². The first-order chi connectivity index (χ1) is 24.2. The first kappa shape index (κ1) is 37.2. The summed E-state index contributed by atoms with van der Waals surface area (Å²) in [6, 6.07) is 0. The van der Waals surface area contributed by atoms with E-state index in [0.717, 1.165) is 38.6 Å². The topological polar surface area (TPSA) is 180 Å². The van der Waals surface area contributed by atoms with Crippen LogP contribution in [0.4, 0.5) is 0 Å². The molecule has 1 spiro atoms. The van der Waals surface area contributed by atoms with E-state index < -0.39 is 68.0 Å². The Kier molecular flexibility index (Phi) is 9.83. The number of aliphatic hydroxyl groups is 6. The first-order valence-corrected chi connectivity index (χ1v) is 20.0. The molecular weight excluding hydrogens is 658 g/mol. The van der Waals surface area contributed by atoms with Crippen molar-refractivity contribution in [3.8, 4) is 0 Å². The van der Waals surface area contributed by atoms with Crippen LogP contribution in [-0.2, 0) is 23.7 Å². The summed E-state index contributed by atoms with van der Waals surface area (Å²) in [6.07, 6.45) is -0.668. The first-order valence-electron chi connectivity index (χ1n) is 20.0. The quantitative estimate of drug-likeness (QED) is 0.206. The second kappa shape index (κ2) is 13.5. The molecule has 7 fully saturated rings. The van der Waals surface area contributed by atoms with Crippen molar-refractivity contribution in [1.82, 2.24) is 5.32 Å². The Balaban J connectivity index is 0.904. The van der Waals surface area contributed by atoms with E-state index in [1.807, 2.05) is 0 Å². The molecular formula is C39H63NO11. The van der Waals surface area contributed by atoms with Crippen LogP contribution in [0.2, 0.25) is 0 Å². The molecule has 0 aromatic heterocycles. The fraction of sp³-hybridized carbons (Fsp3) is 0.949. The number of piperidine rings is 1. The van der Waals surface area contributed by atoms with Gasteiger partial charge in [-0.1, -0.05) is 39.3 Å². The number of ether oxygens (including phenoxy) is 5. The number of nitrogens with one attached hydrogen (secondary N) is 1. The Hall–Kier alpha value is -0.740. The van der Waals surface area contributed by atoms with Crippen molar-refractivity contribution in [2.75, 3.05) is 13.2 Å². The summed E-state index contributed by atoms with van der Waals surface area (Å²) in [5.41, 5.74) is 1.75. The van der Waals surface area contributed by atoms with Gasteiger partial charge < -0.3 is 54.3 Å². The van der Waals surface area contributed by atoms with Gasteiger partial charge in [-0.25, -0.2) is 0 Å². The Morgan fingerprint density at radius 2 is 1.59 bits per heavy atom. The maximum Gasteiger partial charge on any atom is 0.189 e. The minimum Gasteiger partial charge on any atom is -0.394 e. The van der Waals surface area contributed by atoms with Gasteiger partial charge in [-0.2, -0.15) is 0 Å². The average Bonchev–Trinajstić information content (AvgIpc) is 3.56. The molecule has 4 aliphatic heterocycles. The van der Waals surface area contributed by atoms with Crippen LogP contribution >= 0.6 is 0 Å². The lowest BCUT2D eigenvalue weighted by Gasteiger charge is -2.59. The highest BCUT2D eigenvalue weighted by molar-refractivity contribution is 5.26. The van der Waals surface area contributed by atoms with E-state index in [2.05, 4.69) is 39.1 Å². The lowest BCUT2D eigenvalue weighted by atomic mass is 9.47. The summed E-state index contributed by atoms with van der Waals surface area (Å²) < 4.78 is 30.7. The van der Waals surface area contributed by atoms with Crippen LogP contribution in [0.5, 0.6) is 0 Å². The number of hydrogen-bond donors (Lipinski definition) is 7. The van der Waals surface area contributed by atoms with E-state index in [1.54, 1.807) is 6.92 Å². The fourth-order valence-electron chi connectivity index (χ4n) is 12.8. The van der Waals surface area contributed by atoms with E-state index in [-0.39, 0.29) is 17.2 Å². The zero-order valence-corrected chi connectivity index (χ0v) is 31.0. The predicted molar refractivity (Wildman–Crippen MR) is 184 cm³/mol. The predicted octanol–water partition coefficient (Wildman–Crippen LogP) is 1.96. The summed E-state index contributed by atoms with van der Waals surface area (Å²) in [5, 5.41) is 66.3. The third-order valence-electron chi connectivity index (χ3n) is 15.8. The Morgan fingerprint density at radius 1 is 0.843 bits per heavy atom. The van der Waals surface area contributed by atoms with Crippen molar-refractivity contribution in [3.05, 3.63) is 11.6 Å². The Labute approximate surface area is 302 Å². The Morgan fingerprint density at radius 3 is 2.31 bits per heavy atom. The van der Waals surface area contributed by atoms with Crippen molar-refractivity contribution in [1.29, 1.82) is 0 Å². The van der Waals surface area contributed by atoms with Crippen LogP contribution in [0, 0.1) is 46.3 Å². The van der Waals surface area contributed by atoms with Crippen LogP contribution in [-0.4, -0.2) is 123 Å². The highest BCUT2D eigenvalue weighted by Crippen LogP contribution is 2.70. The third kappa shape index (κ3) is 5.84. The van der Waals surface area contributed by atoms with Crippen LogP contribution in [0.25, 0.3) is 0 Å². The molecule has 290 valence electrons. The van der Waals surface area contributed by atoms with Crippen molar-refractivity contribution in [2.45, 2.75) is 172 Å². The maximum atomic E-state index is 11.2. The lowest BCUT2D eigenvalue weighted by Crippen LogP contribution is -2.63. The number of fused-ring (bicyclic) bond motifs is 7. The summed E-state index contributed by atoms with van der Waals surface area (Å²) in [7, 11) is 0. The van der Waals surface area contributed by atoms with Crippen molar-refractivity contribution < 1.29 is 54.3 Å². The summed E-state index contributed by atoms with van der Waals surface area (Å²) in [5.74, 6) is 3.82. The van der Waals surface area contributed by atoms with Crippen LogP contribution in [0.15, 0.2) is 11.6 Å². The van der Waals surface area contributed by atoms with Crippen molar-refractivity contribution in [2.24, 2.45) is 46.3 Å². The van der Waals surface area contributed by atoms with E-state index >= 15 is 0 Å². The minimum atomic E-state index is -1.65. The smallest absolute Gasteiger partial charge is 0.189 e. The van der Waals surface area contributed by atoms with Gasteiger partial charge in [0.25, 0.3) is 0 Å². The molecule has 0 bridgehead atoms. The molecule has 4 heterocycles. The normalized spacial score (nSPS) is 58.4. The molecule has 0 aromatic rings. The van der Waals surface area contributed by atoms with Crippen molar-refractivity contribution in [3.63, 3.8) is 0 Å². The average molecular weight is 722 g/mol. The molecule has 8 rings (SSSR count). The van der Waals surface area contributed by atoms with Gasteiger partial charge in [0.15, 0.2) is 12.6 Å². The highest BCUT2D eigenvalue weighted by atomic mass is 16.8. The molecule has 3 saturated carbocycles. The SMILES string of the molecule is C[C@@H]1CC[C@]2(NC1)O[C@@H]1C[C@H]3[C@@H]4CC=C5C[C@@H](O[C@@H]6[C@@H](O)[C@H](O)[C@@H](O[C@H]7O[C@@H](CO)[C@H](O)[C@@H](O)[C@@H]7O)O[C@H]6C)CC[C@]5(C)[C@@H]4CC[C@@]3(C)[C@@H]1[C@H]2C. The number of allylic oxidation sites excluding steroid dienone is 1. The molecule has 0 radical (unpaired) electrons. The molecule has 4 saturated heterocycles. The van der Waals surface area contributed by atoms with E-state index in [4.69, 9.17) is 23.7 Å². The van der Waals surface area contributed by atoms with E-state index in [1.165, 1.54) is 31.3 Å². The fourth-order valence-corrected chi connectivity index (χ4v) is 12.8. The van der Waals surface area contributed by atoms with Gasteiger partial charge in [0.05, 0.1) is 24.9 Å². The zero-order valence-electron chi connectivity index (χ0n) is 31.0. The number of hydrogen-bond acceptors (Lipinski definition) is 12. The van der Waals surface area contributed by atoms with Gasteiger partial charge in [-0.15, -0.1) is 0 Å². The molecule has 12 nitrogen and oxygen atoms in total. The lowest BCUT2D eigenvalue weighted by molar-refractivity contribution is -0.377. The number of aliphatic hydroxyl groups excluding tert-OH is 6. The van der Waals surface area contributed by atoms with Crippen molar-refractivity contribution >= 4 is 0 Å². The largest absolute Gasteiger partial charge is 0.394 e. The van der Waals surface area contributed by atoms with Gasteiger partial charge >= 0.3 is 0 Å². The van der Waals surface area contributed by atoms with Gasteiger partial charge in [0.2, 0.25) is 0 Å². The molecule has 8 aliphatic rings. The minimum absolute atomic E-state index is 0.119. The standard InChI is InChI=1S/C39H63NO11/c1-18-8-13-39(40-16-18)19(2)28-26(51-39)15-25-23-7-6-21-14-22(9-11-37(21,4)24(23)10-12-38(25,28)5)48-34-20(3)47-35(33(46)31(34)44)50-36-32(45)30(43)29(42)27(17-41)49-36/h6,18-20,22-36,40-46H,7-17H2,1-5H3/t18-,19-,20+,22+,23-,24-,25+,26-,27+,28-,29+,30-,31+,32+,33+,34+,35-,36-,37+,38-,39+/m1/s1. The molecule has 21 atom stereocenters. The van der Waals surface area contributed by atoms with Gasteiger partial charge in [0.1, 0.15) is 48.5 Å². The van der Waals surface area contributed by atoms with Crippen LogP contribution < -0.4 is 5.32 Å². The van der Waals surface area contributed by atoms with Gasteiger partial charge in [0, 0.05) is 12.5 Å².